The van der Waals surface area contributed by atoms with Crippen LogP contribution in [0.3, 0.4) is 0 Å². The number of piperazine rings is 1. The van der Waals surface area contributed by atoms with Gasteiger partial charge in [-0.15, -0.1) is 5.10 Å². The first-order valence-electron chi connectivity index (χ1n) is 9.12. The van der Waals surface area contributed by atoms with Crippen LogP contribution in [0, 0.1) is 11.3 Å². The highest BCUT2D eigenvalue weighted by Gasteiger charge is 2.14. The van der Waals surface area contributed by atoms with E-state index in [2.05, 4.69) is 52.3 Å². The molecular formula is C18H30N6. The summed E-state index contributed by atoms with van der Waals surface area (Å²) >= 11 is 0. The maximum atomic E-state index is 9.48. The number of hydrogen-bond donors (Lipinski definition) is 1. The summed E-state index contributed by atoms with van der Waals surface area (Å²) in [5.41, 5.74) is 2.65. The summed E-state index contributed by atoms with van der Waals surface area (Å²) in [6.45, 7) is 10.8. The first kappa shape index (κ1) is 18.6. The van der Waals surface area contributed by atoms with Crippen molar-refractivity contribution in [3.63, 3.8) is 0 Å². The number of unbranched alkanes of at least 4 members (excludes halogenated alkanes) is 1. The zero-order chi connectivity index (χ0) is 17.4. The van der Waals surface area contributed by atoms with Gasteiger partial charge in [-0.1, -0.05) is 13.8 Å². The third-order valence-electron chi connectivity index (χ3n) is 4.75. The van der Waals surface area contributed by atoms with E-state index in [1.807, 2.05) is 0 Å². The first-order valence-corrected chi connectivity index (χ1v) is 9.12. The molecule has 1 fully saturated rings. The van der Waals surface area contributed by atoms with Crippen molar-refractivity contribution in [3.05, 3.63) is 16.8 Å². The largest absolute Gasteiger partial charge is 0.367 e. The summed E-state index contributed by atoms with van der Waals surface area (Å²) in [5.74, 6) is 0.645. The fourth-order valence-corrected chi connectivity index (χ4v) is 3.16. The van der Waals surface area contributed by atoms with E-state index < -0.39 is 0 Å². The van der Waals surface area contributed by atoms with Crippen molar-refractivity contribution in [1.29, 1.82) is 5.26 Å². The van der Waals surface area contributed by atoms with Crippen LogP contribution in [0.5, 0.6) is 0 Å². The molecule has 0 atom stereocenters. The highest BCUT2D eigenvalue weighted by atomic mass is 15.2. The third kappa shape index (κ3) is 4.89. The van der Waals surface area contributed by atoms with Crippen molar-refractivity contribution in [2.45, 2.75) is 39.5 Å². The van der Waals surface area contributed by atoms with Crippen LogP contribution in [0.15, 0.2) is 0 Å². The molecule has 1 saturated heterocycles. The molecular weight excluding hydrogens is 300 g/mol. The van der Waals surface area contributed by atoms with Gasteiger partial charge in [0.15, 0.2) is 5.82 Å². The standard InChI is InChI=1S/C18H30N6/c1-4-15-16(14-19)18(22-21-17(15)5-2)20-8-6-7-9-24-12-10-23(3)11-13-24/h4-13H2,1-3H3,(H,20,22). The molecule has 0 radical (unpaired) electrons. The molecule has 2 heterocycles. The molecule has 24 heavy (non-hydrogen) atoms. The lowest BCUT2D eigenvalue weighted by molar-refractivity contribution is 0.152. The van der Waals surface area contributed by atoms with Gasteiger partial charge in [0.2, 0.25) is 0 Å². The Bertz CT molecular complexity index is 557. The summed E-state index contributed by atoms with van der Waals surface area (Å²) in [6, 6.07) is 2.31. The van der Waals surface area contributed by atoms with Gasteiger partial charge in [-0.3, -0.25) is 0 Å². The normalized spacial score (nSPS) is 16.1. The fourth-order valence-electron chi connectivity index (χ4n) is 3.16. The summed E-state index contributed by atoms with van der Waals surface area (Å²) < 4.78 is 0. The predicted molar refractivity (Wildman–Crippen MR) is 97.2 cm³/mol. The van der Waals surface area contributed by atoms with E-state index >= 15 is 0 Å². The number of nitrogens with one attached hydrogen (secondary N) is 1. The zero-order valence-corrected chi connectivity index (χ0v) is 15.3. The second kappa shape index (κ2) is 9.55. The Kier molecular flexibility index (Phi) is 7.41. The number of nitrogens with zero attached hydrogens (tertiary/aromatic N) is 5. The minimum absolute atomic E-state index is 0.645. The van der Waals surface area contributed by atoms with Gasteiger partial charge >= 0.3 is 0 Å². The fraction of sp³-hybridized carbons (Fsp3) is 0.722. The molecule has 132 valence electrons. The molecule has 0 unspecified atom stereocenters. The maximum absolute atomic E-state index is 9.48. The van der Waals surface area contributed by atoms with Gasteiger partial charge in [-0.25, -0.2) is 0 Å². The molecule has 0 amide bonds. The average Bonchev–Trinajstić information content (AvgIpc) is 2.62. The maximum Gasteiger partial charge on any atom is 0.166 e. The number of hydrogen-bond acceptors (Lipinski definition) is 6. The molecule has 0 bridgehead atoms. The van der Waals surface area contributed by atoms with E-state index in [4.69, 9.17) is 0 Å². The highest BCUT2D eigenvalue weighted by Crippen LogP contribution is 2.19. The van der Waals surface area contributed by atoms with Crippen molar-refractivity contribution in [1.82, 2.24) is 20.0 Å². The molecule has 0 saturated carbocycles. The van der Waals surface area contributed by atoms with Crippen LogP contribution in [-0.4, -0.2) is 66.3 Å². The number of anilines is 1. The molecule has 0 spiro atoms. The lowest BCUT2D eigenvalue weighted by atomic mass is 10.0. The van der Waals surface area contributed by atoms with E-state index in [0.29, 0.717) is 11.4 Å². The molecule has 0 aromatic carbocycles. The van der Waals surface area contributed by atoms with Gasteiger partial charge in [-0.05, 0) is 44.8 Å². The molecule has 2 rings (SSSR count). The van der Waals surface area contributed by atoms with Crippen molar-refractivity contribution in [3.8, 4) is 6.07 Å². The smallest absolute Gasteiger partial charge is 0.166 e. The number of rotatable bonds is 8. The molecule has 1 aliphatic heterocycles. The van der Waals surface area contributed by atoms with Crippen molar-refractivity contribution >= 4 is 5.82 Å². The van der Waals surface area contributed by atoms with E-state index in [0.717, 1.165) is 43.6 Å². The van der Waals surface area contributed by atoms with E-state index in [1.165, 1.54) is 32.6 Å². The Labute approximate surface area is 145 Å². The third-order valence-corrected chi connectivity index (χ3v) is 4.75. The Morgan fingerprint density at radius 1 is 1.08 bits per heavy atom. The van der Waals surface area contributed by atoms with Crippen molar-refractivity contribution in [2.24, 2.45) is 0 Å². The lowest BCUT2D eigenvalue weighted by Gasteiger charge is -2.32. The lowest BCUT2D eigenvalue weighted by Crippen LogP contribution is -2.44. The van der Waals surface area contributed by atoms with E-state index in [9.17, 15) is 5.26 Å². The predicted octanol–water partition coefficient (Wildman–Crippen LogP) is 1.91. The number of nitriles is 1. The van der Waals surface area contributed by atoms with Gasteiger partial charge in [-0.2, -0.15) is 10.4 Å². The molecule has 6 nitrogen and oxygen atoms in total. The molecule has 1 N–H and O–H groups in total. The van der Waals surface area contributed by atoms with Gasteiger partial charge in [0.1, 0.15) is 11.6 Å². The number of aromatic nitrogens is 2. The Hall–Kier alpha value is -1.71. The molecule has 1 aromatic heterocycles. The monoisotopic (exact) mass is 330 g/mol. The average molecular weight is 330 g/mol. The van der Waals surface area contributed by atoms with E-state index in [-0.39, 0.29) is 0 Å². The minimum Gasteiger partial charge on any atom is -0.367 e. The van der Waals surface area contributed by atoms with Crippen LogP contribution in [0.2, 0.25) is 0 Å². The Morgan fingerprint density at radius 2 is 1.83 bits per heavy atom. The minimum atomic E-state index is 0.645. The van der Waals surface area contributed by atoms with Gasteiger partial charge in [0.25, 0.3) is 0 Å². The van der Waals surface area contributed by atoms with Crippen molar-refractivity contribution < 1.29 is 0 Å². The van der Waals surface area contributed by atoms with Gasteiger partial charge < -0.3 is 15.1 Å². The summed E-state index contributed by atoms with van der Waals surface area (Å²) in [4.78, 5) is 4.91. The topological polar surface area (TPSA) is 68.1 Å². The molecule has 1 aliphatic rings. The Morgan fingerprint density at radius 3 is 2.46 bits per heavy atom. The zero-order valence-electron chi connectivity index (χ0n) is 15.3. The summed E-state index contributed by atoms with van der Waals surface area (Å²) in [7, 11) is 2.18. The van der Waals surface area contributed by atoms with Crippen LogP contribution < -0.4 is 5.32 Å². The summed E-state index contributed by atoms with van der Waals surface area (Å²) in [5, 5.41) is 21.3. The summed E-state index contributed by atoms with van der Waals surface area (Å²) in [6.07, 6.45) is 3.88. The van der Waals surface area contributed by atoms with Crippen LogP contribution >= 0.6 is 0 Å². The van der Waals surface area contributed by atoms with Gasteiger partial charge in [0.05, 0.1) is 5.69 Å². The molecule has 1 aromatic rings. The second-order valence-corrected chi connectivity index (χ2v) is 6.45. The van der Waals surface area contributed by atoms with Crippen LogP contribution in [0.1, 0.15) is 43.5 Å². The van der Waals surface area contributed by atoms with Crippen molar-refractivity contribution in [2.75, 3.05) is 51.6 Å². The molecule has 6 heteroatoms. The quantitative estimate of drug-likeness (QED) is 0.735. The molecule has 0 aliphatic carbocycles. The van der Waals surface area contributed by atoms with Crippen LogP contribution in [0.25, 0.3) is 0 Å². The van der Waals surface area contributed by atoms with Crippen LogP contribution in [-0.2, 0) is 12.8 Å². The van der Waals surface area contributed by atoms with Gasteiger partial charge in [0, 0.05) is 32.7 Å². The first-order chi connectivity index (χ1) is 11.7. The SMILES string of the molecule is CCc1nnc(NCCCCN2CCN(C)CC2)c(C#N)c1CC. The Balaban J connectivity index is 1.79. The van der Waals surface area contributed by atoms with Crippen LogP contribution in [0.4, 0.5) is 5.82 Å². The number of aryl methyl sites for hydroxylation is 1. The highest BCUT2D eigenvalue weighted by molar-refractivity contribution is 5.56. The van der Waals surface area contributed by atoms with E-state index in [1.54, 1.807) is 0 Å². The number of likely N-dealkylation sites (N-methyl/N-ethyl adjacent to an activating group) is 1. The second-order valence-electron chi connectivity index (χ2n) is 6.45.